The number of para-hydroxylation sites is 2. The average Bonchev–Trinajstić information content (AvgIpc) is 2.80. The molecule has 0 atom stereocenters. The van der Waals surface area contributed by atoms with Gasteiger partial charge in [-0.2, -0.15) is 13.2 Å². The van der Waals surface area contributed by atoms with Gasteiger partial charge in [0.05, 0.1) is 17.9 Å². The fourth-order valence-electron chi connectivity index (χ4n) is 3.10. The molecule has 0 bridgehead atoms. The van der Waals surface area contributed by atoms with Gasteiger partial charge in [0.15, 0.2) is 5.11 Å². The van der Waals surface area contributed by atoms with Crippen LogP contribution in [0, 0.1) is 0 Å². The number of hydrogen-bond acceptors (Lipinski definition) is 4. The zero-order valence-electron chi connectivity index (χ0n) is 18.5. The molecule has 0 aliphatic carbocycles. The second kappa shape index (κ2) is 14.5. The third-order valence-electron chi connectivity index (χ3n) is 4.77. The summed E-state index contributed by atoms with van der Waals surface area (Å²) in [6.45, 7) is 1.18. The molecule has 2 amide bonds. The number of ether oxygens (including phenoxy) is 1. The molecule has 0 aromatic heterocycles. The van der Waals surface area contributed by atoms with Crippen molar-refractivity contribution in [3.8, 4) is 5.75 Å². The Hall–Kier alpha value is -2.79. The van der Waals surface area contributed by atoms with Gasteiger partial charge in [-0.1, -0.05) is 43.9 Å². The summed E-state index contributed by atoms with van der Waals surface area (Å²) < 4.78 is 47.2. The van der Waals surface area contributed by atoms with Crippen molar-refractivity contribution in [3.63, 3.8) is 0 Å². The van der Waals surface area contributed by atoms with E-state index in [1.165, 1.54) is 6.07 Å². The average molecular weight is 513 g/mol. The molecule has 0 aliphatic rings. The number of carbonyl (C=O) groups excluding carboxylic acids is 1. The number of amides is 2. The van der Waals surface area contributed by atoms with Crippen molar-refractivity contribution in [2.45, 2.75) is 44.7 Å². The maximum absolute atomic E-state index is 12.8. The van der Waals surface area contributed by atoms with E-state index in [1.807, 2.05) is 6.07 Å². The summed E-state index contributed by atoms with van der Waals surface area (Å²) in [7, 11) is 0. The lowest BCUT2D eigenvalue weighted by molar-refractivity contribution is -0.137. The van der Waals surface area contributed by atoms with E-state index >= 15 is 0 Å². The van der Waals surface area contributed by atoms with Crippen LogP contribution in [0.1, 0.15) is 44.1 Å². The number of carbonyl (C=O) groups is 1. The molecule has 6 nitrogen and oxygen atoms in total. The molecule has 34 heavy (non-hydrogen) atoms. The van der Waals surface area contributed by atoms with Crippen LogP contribution >= 0.6 is 12.2 Å². The molecule has 0 heterocycles. The van der Waals surface area contributed by atoms with Crippen LogP contribution in [0.4, 0.5) is 29.3 Å². The van der Waals surface area contributed by atoms with Crippen molar-refractivity contribution in [1.82, 2.24) is 5.32 Å². The second-order valence-corrected chi connectivity index (χ2v) is 8.04. The molecule has 11 heteroatoms. The fourth-order valence-corrected chi connectivity index (χ4v) is 3.37. The Balaban J connectivity index is 1.52. The number of urea groups is 1. The highest BCUT2D eigenvalue weighted by Gasteiger charge is 2.30. The third-order valence-corrected chi connectivity index (χ3v) is 5.19. The van der Waals surface area contributed by atoms with Crippen molar-refractivity contribution in [1.29, 1.82) is 0 Å². The quantitative estimate of drug-likeness (QED) is 0.218. The van der Waals surface area contributed by atoms with E-state index in [2.05, 4.69) is 32.7 Å². The number of nitrogens with zero attached hydrogens (tertiary/aromatic N) is 1. The van der Waals surface area contributed by atoms with Gasteiger partial charge in [-0.15, -0.1) is 4.36 Å². The number of nitrogens with one attached hydrogen (secondary N) is 3. The molecule has 2 aromatic carbocycles. The summed E-state index contributed by atoms with van der Waals surface area (Å²) in [6, 6.07) is 11.4. The minimum atomic E-state index is -4.39. The fraction of sp³-hybridized carbons (Fsp3) is 0.391. The molecule has 0 fully saturated rings. The van der Waals surface area contributed by atoms with Gasteiger partial charge in [0, 0.05) is 24.7 Å². The van der Waals surface area contributed by atoms with Crippen LogP contribution in [0.2, 0.25) is 0 Å². The molecule has 3 N–H and O–H groups in total. The Labute approximate surface area is 207 Å². The molecule has 0 unspecified atom stereocenters. The number of benzene rings is 2. The summed E-state index contributed by atoms with van der Waals surface area (Å²) in [4.78, 5) is 11.3. The smallest absolute Gasteiger partial charge is 0.416 e. The normalized spacial score (nSPS) is 10.9. The monoisotopic (exact) mass is 512 g/mol. The van der Waals surface area contributed by atoms with Crippen LogP contribution < -0.4 is 20.7 Å². The highest BCUT2D eigenvalue weighted by molar-refractivity contribution is 7.80. The highest BCUT2D eigenvalue weighted by Crippen LogP contribution is 2.30. The van der Waals surface area contributed by atoms with E-state index in [9.17, 15) is 18.0 Å². The number of alkyl halides is 3. The van der Waals surface area contributed by atoms with Gasteiger partial charge in [-0.3, -0.25) is 0 Å². The first-order chi connectivity index (χ1) is 16.3. The number of anilines is 2. The van der Waals surface area contributed by atoms with Crippen LogP contribution in [0.15, 0.2) is 52.9 Å². The van der Waals surface area contributed by atoms with Crippen molar-refractivity contribution >= 4 is 47.2 Å². The highest BCUT2D eigenvalue weighted by atomic mass is 32.1. The molecule has 2 rings (SSSR count). The zero-order chi connectivity index (χ0) is 24.8. The van der Waals surface area contributed by atoms with E-state index in [4.69, 9.17) is 17.0 Å². The van der Waals surface area contributed by atoms with E-state index in [0.29, 0.717) is 35.4 Å². The predicted octanol–water partition coefficient (Wildman–Crippen LogP) is 6.67. The molecule has 0 aliphatic heterocycles. The molecular weight excluding hydrogens is 485 g/mol. The molecule has 0 saturated carbocycles. The van der Waals surface area contributed by atoms with Gasteiger partial charge in [0.25, 0.3) is 0 Å². The third kappa shape index (κ3) is 10.4. The number of halogens is 3. The first-order valence-corrected chi connectivity index (χ1v) is 11.6. The first kappa shape index (κ1) is 27.5. The number of rotatable bonds is 12. The van der Waals surface area contributed by atoms with Gasteiger partial charge < -0.3 is 20.7 Å². The van der Waals surface area contributed by atoms with Gasteiger partial charge in [-0.05, 0) is 55.4 Å². The van der Waals surface area contributed by atoms with Crippen LogP contribution in [-0.2, 0) is 18.6 Å². The summed E-state index contributed by atoms with van der Waals surface area (Å²) in [5, 5.41) is 8.67. The van der Waals surface area contributed by atoms with Crippen LogP contribution in [0.3, 0.4) is 0 Å². The maximum atomic E-state index is 12.8. The van der Waals surface area contributed by atoms with Crippen molar-refractivity contribution < 1.29 is 22.7 Å². The summed E-state index contributed by atoms with van der Waals surface area (Å²) in [5.74, 6) is 0.579. The van der Waals surface area contributed by atoms with E-state index in [-0.39, 0.29) is 0 Å². The summed E-state index contributed by atoms with van der Waals surface area (Å²) in [6.07, 6.45) is 1.55. The Bertz CT molecular complexity index is 958. The summed E-state index contributed by atoms with van der Waals surface area (Å²) in [5.41, 5.74) is 0.119. The second-order valence-electron chi connectivity index (χ2n) is 7.45. The van der Waals surface area contributed by atoms with Gasteiger partial charge in [0.2, 0.25) is 0 Å². The molecule has 0 saturated heterocycles. The number of hydrogen-bond donors (Lipinski definition) is 3. The largest absolute Gasteiger partial charge is 0.491 e. The standard InChI is InChI=1S/C23H27F3N4O2S2/c24-23(25,26)17-10-9-11-18(16-17)28-22(33)27-14-7-3-1-2-4-8-15-32-20-13-6-5-12-19(20)29-21(31)30-34/h5-6,9-13,16H,1-4,7-8,14-15H2,(H,29,31)(H2,27,28,33). The lowest BCUT2D eigenvalue weighted by Gasteiger charge is -2.12. The Kier molecular flexibility index (Phi) is 11.7. The Morgan fingerprint density at radius 3 is 2.38 bits per heavy atom. The van der Waals surface area contributed by atoms with Crippen molar-refractivity contribution in [3.05, 3.63) is 54.1 Å². The number of thiocarbonyl (C=S) groups is 1. The maximum Gasteiger partial charge on any atom is 0.416 e. The lowest BCUT2D eigenvalue weighted by atomic mass is 10.1. The minimum Gasteiger partial charge on any atom is -0.491 e. The Morgan fingerprint density at radius 2 is 1.65 bits per heavy atom. The van der Waals surface area contributed by atoms with E-state index in [0.717, 1.165) is 50.7 Å². The zero-order valence-corrected chi connectivity index (χ0v) is 20.1. The SMILES string of the molecule is O=C(N=S)Nc1ccccc1OCCCCCCCCNC(=S)Nc1cccc(C(F)(F)F)c1. The van der Waals surface area contributed by atoms with Crippen molar-refractivity contribution in [2.75, 3.05) is 23.8 Å². The molecule has 0 radical (unpaired) electrons. The molecule has 0 spiro atoms. The number of unbranched alkanes of at least 4 members (excludes halogenated alkanes) is 5. The lowest BCUT2D eigenvalue weighted by Crippen LogP contribution is -2.29. The van der Waals surface area contributed by atoms with Gasteiger partial charge in [0.1, 0.15) is 5.75 Å². The molecular formula is C23H27F3N4O2S2. The van der Waals surface area contributed by atoms with Crippen molar-refractivity contribution in [2.24, 2.45) is 4.36 Å². The summed E-state index contributed by atoms with van der Waals surface area (Å²) >= 11 is 9.52. The van der Waals surface area contributed by atoms with E-state index in [1.54, 1.807) is 24.3 Å². The predicted molar refractivity (Wildman–Crippen MR) is 134 cm³/mol. The first-order valence-electron chi connectivity index (χ1n) is 10.9. The van der Waals surface area contributed by atoms with E-state index < -0.39 is 17.8 Å². The van der Waals surface area contributed by atoms with Gasteiger partial charge >= 0.3 is 12.2 Å². The molecule has 184 valence electrons. The topological polar surface area (TPSA) is 74.8 Å². The molecule has 2 aromatic rings. The van der Waals surface area contributed by atoms with Gasteiger partial charge in [-0.25, -0.2) is 4.79 Å². The minimum absolute atomic E-state index is 0.300. The van der Waals surface area contributed by atoms with Crippen LogP contribution in [-0.4, -0.2) is 24.3 Å². The van der Waals surface area contributed by atoms with Crippen LogP contribution in [0.5, 0.6) is 5.75 Å². The Morgan fingerprint density at radius 1 is 0.941 bits per heavy atom. The van der Waals surface area contributed by atoms with Crippen LogP contribution in [0.25, 0.3) is 0 Å².